The molecule has 172 valence electrons. The Morgan fingerprint density at radius 2 is 1.59 bits per heavy atom. The Morgan fingerprint density at radius 3 is 2.24 bits per heavy atom. The second-order valence-electron chi connectivity index (χ2n) is 6.80. The van der Waals surface area contributed by atoms with Gasteiger partial charge in [0.05, 0.1) is 11.1 Å². The highest BCUT2D eigenvalue weighted by Crippen LogP contribution is 2.36. The molecular formula is C23H18N4O7. The smallest absolute Gasteiger partial charge is 0.287 e. The van der Waals surface area contributed by atoms with Gasteiger partial charge < -0.3 is 20.6 Å². The number of hydrazone groups is 1. The Kier molecular flexibility index (Phi) is 7.19. The molecule has 11 heteroatoms. The van der Waals surface area contributed by atoms with Crippen LogP contribution in [-0.2, 0) is 4.79 Å². The molecule has 0 aliphatic carbocycles. The summed E-state index contributed by atoms with van der Waals surface area (Å²) in [4.78, 5) is 35.6. The number of hydrogen-bond donors (Lipinski definition) is 5. The van der Waals surface area contributed by atoms with Crippen molar-refractivity contribution in [2.75, 3.05) is 0 Å². The molecule has 0 aromatic heterocycles. The molecule has 2 amide bonds. The average Bonchev–Trinajstić information content (AvgIpc) is 2.84. The van der Waals surface area contributed by atoms with E-state index in [1.54, 1.807) is 30.3 Å². The third-order valence-corrected chi connectivity index (χ3v) is 4.47. The van der Waals surface area contributed by atoms with Crippen LogP contribution in [0.15, 0.2) is 77.5 Å². The Bertz CT molecular complexity index is 1290. The standard InChI is InChI=1S/C23H18N4O7/c28-19-11-8-16(20(29)21(19)30)13-24-26-23(32)18(25-22(31)15-4-2-1-3-5-15)12-14-6-9-17(10-7-14)27(33)34/h1-13,28-30H,(H,25,31)(H,26,32)/b18-12+,24-13+. The van der Waals surface area contributed by atoms with E-state index in [1.807, 2.05) is 0 Å². The Balaban J connectivity index is 1.84. The summed E-state index contributed by atoms with van der Waals surface area (Å²) >= 11 is 0. The van der Waals surface area contributed by atoms with Gasteiger partial charge in [-0.1, -0.05) is 18.2 Å². The Hall–Kier alpha value is -5.19. The van der Waals surface area contributed by atoms with Gasteiger partial charge in [0.25, 0.3) is 17.5 Å². The number of carbonyl (C=O) groups is 2. The van der Waals surface area contributed by atoms with Crippen LogP contribution in [-0.4, -0.2) is 38.3 Å². The largest absolute Gasteiger partial charge is 0.504 e. The lowest BCUT2D eigenvalue weighted by atomic mass is 10.1. The van der Waals surface area contributed by atoms with E-state index < -0.39 is 34.0 Å². The quantitative estimate of drug-likeness (QED) is 0.118. The number of aromatic hydroxyl groups is 3. The van der Waals surface area contributed by atoms with Gasteiger partial charge in [0.1, 0.15) is 5.70 Å². The van der Waals surface area contributed by atoms with Gasteiger partial charge >= 0.3 is 0 Å². The van der Waals surface area contributed by atoms with Crippen LogP contribution < -0.4 is 10.7 Å². The number of phenols is 3. The predicted molar refractivity (Wildman–Crippen MR) is 122 cm³/mol. The van der Waals surface area contributed by atoms with Gasteiger partial charge in [-0.2, -0.15) is 5.10 Å². The summed E-state index contributed by atoms with van der Waals surface area (Å²) in [6, 6.07) is 15.8. The molecule has 0 fully saturated rings. The van der Waals surface area contributed by atoms with Crippen LogP contribution in [0.5, 0.6) is 17.2 Å². The molecule has 5 N–H and O–H groups in total. The van der Waals surface area contributed by atoms with Gasteiger partial charge in [0.2, 0.25) is 5.75 Å². The lowest BCUT2D eigenvalue weighted by Gasteiger charge is -2.09. The van der Waals surface area contributed by atoms with Gasteiger partial charge in [0.15, 0.2) is 11.5 Å². The molecule has 0 aliphatic heterocycles. The number of non-ortho nitro benzene ring substituents is 1. The molecule has 0 saturated carbocycles. The molecule has 0 radical (unpaired) electrons. The van der Waals surface area contributed by atoms with Crippen molar-refractivity contribution in [2.24, 2.45) is 5.10 Å². The van der Waals surface area contributed by atoms with Gasteiger partial charge in [-0.15, -0.1) is 0 Å². The fourth-order valence-electron chi connectivity index (χ4n) is 2.71. The summed E-state index contributed by atoms with van der Waals surface area (Å²) in [5.41, 5.74) is 2.52. The number of carbonyl (C=O) groups excluding carboxylic acids is 2. The molecule has 0 spiro atoms. The molecule has 0 unspecified atom stereocenters. The summed E-state index contributed by atoms with van der Waals surface area (Å²) in [7, 11) is 0. The Labute approximate surface area is 192 Å². The average molecular weight is 462 g/mol. The maximum absolute atomic E-state index is 12.7. The number of nitrogens with one attached hydrogen (secondary N) is 2. The van der Waals surface area contributed by atoms with Gasteiger partial charge in [-0.25, -0.2) is 5.43 Å². The summed E-state index contributed by atoms with van der Waals surface area (Å²) in [6.07, 6.45) is 2.33. The highest BCUT2D eigenvalue weighted by Gasteiger charge is 2.15. The number of nitro groups is 1. The summed E-state index contributed by atoms with van der Waals surface area (Å²) in [6.45, 7) is 0. The zero-order chi connectivity index (χ0) is 24.7. The molecule has 0 aliphatic rings. The van der Waals surface area contributed by atoms with Crippen LogP contribution >= 0.6 is 0 Å². The molecule has 0 heterocycles. The van der Waals surface area contributed by atoms with E-state index in [0.29, 0.717) is 5.56 Å². The topological polar surface area (TPSA) is 174 Å². The molecule has 0 saturated heterocycles. The van der Waals surface area contributed by atoms with E-state index in [1.165, 1.54) is 36.4 Å². The van der Waals surface area contributed by atoms with Gasteiger partial charge in [0, 0.05) is 23.3 Å². The van der Waals surface area contributed by atoms with Crippen molar-refractivity contribution in [1.29, 1.82) is 0 Å². The lowest BCUT2D eigenvalue weighted by molar-refractivity contribution is -0.384. The fourth-order valence-corrected chi connectivity index (χ4v) is 2.71. The van der Waals surface area contributed by atoms with Crippen molar-refractivity contribution < 1.29 is 29.8 Å². The Morgan fingerprint density at radius 1 is 0.912 bits per heavy atom. The molecule has 11 nitrogen and oxygen atoms in total. The summed E-state index contributed by atoms with van der Waals surface area (Å²) in [5, 5.41) is 45.8. The van der Waals surface area contributed by atoms with Crippen molar-refractivity contribution in [3.63, 3.8) is 0 Å². The highest BCUT2D eigenvalue weighted by molar-refractivity contribution is 6.05. The molecule has 34 heavy (non-hydrogen) atoms. The minimum atomic E-state index is -0.832. The first-order valence-corrected chi connectivity index (χ1v) is 9.66. The van der Waals surface area contributed by atoms with E-state index in [-0.39, 0.29) is 22.5 Å². The summed E-state index contributed by atoms with van der Waals surface area (Å²) in [5.74, 6) is -3.33. The number of rotatable bonds is 7. The number of amides is 2. The number of benzene rings is 3. The molecule has 0 bridgehead atoms. The van der Waals surface area contributed by atoms with Crippen LogP contribution in [0.3, 0.4) is 0 Å². The van der Waals surface area contributed by atoms with Crippen LogP contribution in [0.2, 0.25) is 0 Å². The maximum Gasteiger partial charge on any atom is 0.287 e. The zero-order valence-electron chi connectivity index (χ0n) is 17.4. The minimum absolute atomic E-state index is 0.00446. The third kappa shape index (κ3) is 5.73. The van der Waals surface area contributed by atoms with Gasteiger partial charge in [-0.05, 0) is 48.0 Å². The van der Waals surface area contributed by atoms with E-state index in [2.05, 4.69) is 15.8 Å². The number of hydrogen-bond acceptors (Lipinski definition) is 8. The van der Waals surface area contributed by atoms with Gasteiger partial charge in [-0.3, -0.25) is 19.7 Å². The monoisotopic (exact) mass is 462 g/mol. The molecule has 3 aromatic rings. The van der Waals surface area contributed by atoms with Crippen LogP contribution in [0.1, 0.15) is 21.5 Å². The second kappa shape index (κ2) is 10.4. The highest BCUT2D eigenvalue weighted by atomic mass is 16.6. The second-order valence-corrected chi connectivity index (χ2v) is 6.80. The van der Waals surface area contributed by atoms with Crippen molar-refractivity contribution in [3.8, 4) is 17.2 Å². The number of phenolic OH excluding ortho intramolecular Hbond substituents is 3. The van der Waals surface area contributed by atoms with Crippen LogP contribution in [0.25, 0.3) is 6.08 Å². The molecular weight excluding hydrogens is 444 g/mol. The first kappa shape index (κ1) is 23.5. The van der Waals surface area contributed by atoms with Crippen LogP contribution in [0, 0.1) is 10.1 Å². The minimum Gasteiger partial charge on any atom is -0.504 e. The van der Waals surface area contributed by atoms with E-state index in [4.69, 9.17) is 0 Å². The number of nitrogens with zero attached hydrogens (tertiary/aromatic N) is 2. The van der Waals surface area contributed by atoms with E-state index >= 15 is 0 Å². The first-order valence-electron chi connectivity index (χ1n) is 9.66. The molecule has 0 atom stereocenters. The van der Waals surface area contributed by atoms with Crippen molar-refractivity contribution in [2.45, 2.75) is 0 Å². The first-order chi connectivity index (χ1) is 16.3. The van der Waals surface area contributed by atoms with Crippen molar-refractivity contribution in [1.82, 2.24) is 10.7 Å². The predicted octanol–water partition coefficient (Wildman–Crippen LogP) is 2.63. The van der Waals surface area contributed by atoms with Crippen LogP contribution in [0.4, 0.5) is 5.69 Å². The van der Waals surface area contributed by atoms with E-state index in [0.717, 1.165) is 12.3 Å². The molecule has 3 aromatic carbocycles. The van der Waals surface area contributed by atoms with E-state index in [9.17, 15) is 35.0 Å². The number of nitro benzene ring substituents is 1. The third-order valence-electron chi connectivity index (χ3n) is 4.47. The lowest BCUT2D eigenvalue weighted by Crippen LogP contribution is -2.32. The van der Waals surface area contributed by atoms with Crippen molar-refractivity contribution >= 4 is 29.8 Å². The zero-order valence-corrected chi connectivity index (χ0v) is 17.4. The fraction of sp³-hybridized carbons (Fsp3) is 0. The molecule has 3 rings (SSSR count). The van der Waals surface area contributed by atoms with Crippen molar-refractivity contribution in [3.05, 3.63) is 99.2 Å². The normalized spacial score (nSPS) is 11.2. The SMILES string of the molecule is O=C(N/N=C/c1ccc(O)c(O)c1O)/C(=C\c1ccc([N+](=O)[O-])cc1)NC(=O)c1ccccc1. The maximum atomic E-state index is 12.7. The summed E-state index contributed by atoms with van der Waals surface area (Å²) < 4.78 is 0.